The van der Waals surface area contributed by atoms with Crippen LogP contribution in [0, 0.1) is 0 Å². The Morgan fingerprint density at radius 1 is 1.18 bits per heavy atom. The van der Waals surface area contributed by atoms with Crippen molar-refractivity contribution in [3.63, 3.8) is 0 Å². The van der Waals surface area contributed by atoms with Gasteiger partial charge in [0.1, 0.15) is 5.75 Å². The zero-order valence-corrected chi connectivity index (χ0v) is 13.1. The van der Waals surface area contributed by atoms with E-state index in [2.05, 4.69) is 5.32 Å². The van der Waals surface area contributed by atoms with E-state index in [1.807, 2.05) is 0 Å². The maximum atomic E-state index is 11.9. The molecule has 6 nitrogen and oxygen atoms in total. The second-order valence-corrected chi connectivity index (χ2v) is 5.55. The highest BCUT2D eigenvalue weighted by Gasteiger charge is 2.09. The van der Waals surface area contributed by atoms with Crippen molar-refractivity contribution in [2.24, 2.45) is 0 Å². The average Bonchev–Trinajstić information content (AvgIpc) is 2.52. The van der Waals surface area contributed by atoms with E-state index in [0.717, 1.165) is 0 Å². The van der Waals surface area contributed by atoms with E-state index >= 15 is 0 Å². The third kappa shape index (κ3) is 7.12. The van der Waals surface area contributed by atoms with E-state index < -0.39 is 5.97 Å². The van der Waals surface area contributed by atoms with Gasteiger partial charge in [-0.3, -0.25) is 14.4 Å². The Bertz CT molecular complexity index is 515. The zero-order chi connectivity index (χ0) is 16.4. The normalized spacial score (nSPS) is 10.0. The molecule has 0 atom stereocenters. The zero-order valence-electron chi connectivity index (χ0n) is 12.3. The van der Waals surface area contributed by atoms with E-state index in [1.54, 1.807) is 31.4 Å². The third-order valence-electron chi connectivity index (χ3n) is 2.79. The molecule has 0 bridgehead atoms. The second-order valence-electron chi connectivity index (χ2n) is 4.45. The highest BCUT2D eigenvalue weighted by Crippen LogP contribution is 2.13. The predicted octanol–water partition coefficient (Wildman–Crippen LogP) is 1.59. The van der Waals surface area contributed by atoms with Crippen molar-refractivity contribution in [2.75, 3.05) is 25.2 Å². The summed E-state index contributed by atoms with van der Waals surface area (Å²) in [6, 6.07) is 6.74. The number of methoxy groups -OCH3 is 1. The molecule has 1 aromatic rings. The summed E-state index contributed by atoms with van der Waals surface area (Å²) in [5.74, 6) is 0.0430. The summed E-state index contributed by atoms with van der Waals surface area (Å²) >= 11 is 1.23. The smallest absolute Gasteiger partial charge is 0.313 e. The fourth-order valence-electron chi connectivity index (χ4n) is 1.66. The van der Waals surface area contributed by atoms with Crippen LogP contribution < -0.4 is 10.1 Å². The van der Waals surface area contributed by atoms with E-state index in [-0.39, 0.29) is 30.3 Å². The lowest BCUT2D eigenvalue weighted by molar-refractivity contribution is -0.133. The molecule has 1 amide bonds. The fourth-order valence-corrected chi connectivity index (χ4v) is 2.22. The number of amides is 1. The number of carbonyl (C=O) groups excluding carboxylic acids is 2. The van der Waals surface area contributed by atoms with Crippen molar-refractivity contribution in [1.82, 2.24) is 5.32 Å². The molecule has 1 aromatic carbocycles. The first-order chi connectivity index (χ1) is 10.5. The van der Waals surface area contributed by atoms with E-state index in [0.29, 0.717) is 23.6 Å². The Morgan fingerprint density at radius 2 is 1.86 bits per heavy atom. The van der Waals surface area contributed by atoms with E-state index in [9.17, 15) is 14.4 Å². The van der Waals surface area contributed by atoms with Gasteiger partial charge in [0, 0.05) is 30.7 Å². The lowest BCUT2D eigenvalue weighted by Gasteiger charge is -2.05. The van der Waals surface area contributed by atoms with E-state index in [4.69, 9.17) is 9.84 Å². The summed E-state index contributed by atoms with van der Waals surface area (Å²) in [7, 11) is 1.55. The maximum absolute atomic E-state index is 11.9. The summed E-state index contributed by atoms with van der Waals surface area (Å²) < 4.78 is 5.01. The van der Waals surface area contributed by atoms with Crippen molar-refractivity contribution >= 4 is 29.4 Å². The number of carboxylic acids is 1. The third-order valence-corrected chi connectivity index (χ3v) is 3.73. The standard InChI is InChI=1S/C15H19NO5S/c1-21-12-4-2-11(3-5-12)13(17)6-7-14(18)16-8-9-22-10-15(19)20/h2-5H,6-10H2,1H3,(H,16,18)(H,19,20). The largest absolute Gasteiger partial charge is 0.497 e. The van der Waals surface area contributed by atoms with Crippen LogP contribution >= 0.6 is 11.8 Å². The Morgan fingerprint density at radius 3 is 2.45 bits per heavy atom. The highest BCUT2D eigenvalue weighted by molar-refractivity contribution is 7.99. The predicted molar refractivity (Wildman–Crippen MR) is 84.5 cm³/mol. The van der Waals surface area contributed by atoms with Crippen LogP contribution in [0.5, 0.6) is 5.75 Å². The molecule has 0 aliphatic heterocycles. The van der Waals surface area contributed by atoms with Gasteiger partial charge in [0.2, 0.25) is 5.91 Å². The van der Waals surface area contributed by atoms with Gasteiger partial charge >= 0.3 is 5.97 Å². The molecule has 2 N–H and O–H groups in total. The van der Waals surface area contributed by atoms with Crippen LogP contribution in [-0.2, 0) is 9.59 Å². The monoisotopic (exact) mass is 325 g/mol. The quantitative estimate of drug-likeness (QED) is 0.501. The SMILES string of the molecule is COc1ccc(C(=O)CCC(=O)NCCSCC(=O)O)cc1. The van der Waals surface area contributed by atoms with Gasteiger partial charge in [-0.2, -0.15) is 0 Å². The molecule has 120 valence electrons. The second kappa shape index (κ2) is 9.83. The molecular weight excluding hydrogens is 306 g/mol. The lowest BCUT2D eigenvalue weighted by Crippen LogP contribution is -2.26. The molecule has 0 aromatic heterocycles. The Balaban J connectivity index is 2.22. The molecule has 0 heterocycles. The number of benzene rings is 1. The minimum Gasteiger partial charge on any atom is -0.497 e. The first kappa shape index (κ1) is 18.0. The van der Waals surface area contributed by atoms with Crippen molar-refractivity contribution < 1.29 is 24.2 Å². The summed E-state index contributed by atoms with van der Waals surface area (Å²) in [5, 5.41) is 11.1. The first-order valence-electron chi connectivity index (χ1n) is 6.76. The minimum absolute atomic E-state index is 0.0197. The molecule has 0 aliphatic rings. The number of thioether (sulfide) groups is 1. The van der Waals surface area contributed by atoms with Crippen LogP contribution in [0.4, 0.5) is 0 Å². The number of Topliss-reactive ketones (excluding diaryl/α,β-unsaturated/α-hetero) is 1. The Labute approximate surface area is 133 Å². The van der Waals surface area contributed by atoms with Gasteiger partial charge in [0.05, 0.1) is 12.9 Å². The van der Waals surface area contributed by atoms with Gasteiger partial charge in [-0.25, -0.2) is 0 Å². The van der Waals surface area contributed by atoms with E-state index in [1.165, 1.54) is 11.8 Å². The molecule has 0 fully saturated rings. The topological polar surface area (TPSA) is 92.7 Å². The van der Waals surface area contributed by atoms with Gasteiger partial charge in [0.15, 0.2) is 5.78 Å². The van der Waals surface area contributed by atoms with Gasteiger partial charge in [0.25, 0.3) is 0 Å². The maximum Gasteiger partial charge on any atom is 0.313 e. The van der Waals surface area contributed by atoms with Crippen LogP contribution in [0.1, 0.15) is 23.2 Å². The van der Waals surface area contributed by atoms with Gasteiger partial charge < -0.3 is 15.2 Å². The van der Waals surface area contributed by atoms with Crippen LogP contribution in [0.3, 0.4) is 0 Å². The van der Waals surface area contributed by atoms with Gasteiger partial charge in [-0.15, -0.1) is 11.8 Å². The number of ether oxygens (including phenoxy) is 1. The lowest BCUT2D eigenvalue weighted by atomic mass is 10.1. The van der Waals surface area contributed by atoms with Gasteiger partial charge in [-0.1, -0.05) is 0 Å². The molecule has 0 spiro atoms. The molecular formula is C15H19NO5S. The van der Waals surface area contributed by atoms with Crippen LogP contribution in [0.2, 0.25) is 0 Å². The summed E-state index contributed by atoms with van der Waals surface area (Å²) in [6.45, 7) is 0.396. The van der Waals surface area contributed by atoms with Crippen molar-refractivity contribution in [1.29, 1.82) is 0 Å². The highest BCUT2D eigenvalue weighted by atomic mass is 32.2. The molecule has 0 unspecified atom stereocenters. The molecule has 22 heavy (non-hydrogen) atoms. The Kier molecular flexibility index (Phi) is 8.06. The number of hydrogen-bond acceptors (Lipinski definition) is 5. The number of aliphatic carboxylic acids is 1. The van der Waals surface area contributed by atoms with Crippen molar-refractivity contribution in [3.05, 3.63) is 29.8 Å². The summed E-state index contributed by atoms with van der Waals surface area (Å²) in [4.78, 5) is 33.8. The number of ketones is 1. The van der Waals surface area contributed by atoms with Crippen molar-refractivity contribution in [2.45, 2.75) is 12.8 Å². The Hall–Kier alpha value is -2.02. The molecule has 0 radical (unpaired) electrons. The van der Waals surface area contributed by atoms with Gasteiger partial charge in [-0.05, 0) is 24.3 Å². The van der Waals surface area contributed by atoms with Crippen molar-refractivity contribution in [3.8, 4) is 5.75 Å². The number of rotatable bonds is 10. The molecule has 7 heteroatoms. The molecule has 0 saturated heterocycles. The summed E-state index contributed by atoms with van der Waals surface area (Å²) in [6.07, 6.45) is 0.259. The first-order valence-corrected chi connectivity index (χ1v) is 7.92. The number of nitrogens with one attached hydrogen (secondary N) is 1. The molecule has 0 aliphatic carbocycles. The minimum atomic E-state index is -0.874. The summed E-state index contributed by atoms with van der Waals surface area (Å²) in [5.41, 5.74) is 0.547. The van der Waals surface area contributed by atoms with Crippen LogP contribution in [0.15, 0.2) is 24.3 Å². The molecule has 0 saturated carbocycles. The van der Waals surface area contributed by atoms with Crippen LogP contribution in [0.25, 0.3) is 0 Å². The number of hydrogen-bond donors (Lipinski definition) is 2. The number of carbonyl (C=O) groups is 3. The average molecular weight is 325 g/mol. The molecule has 1 rings (SSSR count). The fraction of sp³-hybridized carbons (Fsp3) is 0.400. The number of carboxylic acid groups (broad SMARTS) is 1. The van der Waals surface area contributed by atoms with Crippen LogP contribution in [-0.4, -0.2) is 47.9 Å².